The molecule has 0 bridgehead atoms. The van der Waals surface area contributed by atoms with Crippen LogP contribution in [0.15, 0.2) is 48.5 Å². The minimum Gasteiger partial charge on any atom is -0.462 e. The van der Waals surface area contributed by atoms with Crippen LogP contribution in [0.5, 0.6) is 0 Å². The van der Waals surface area contributed by atoms with Crippen molar-refractivity contribution in [2.24, 2.45) is 0 Å². The highest BCUT2D eigenvalue weighted by atomic mass is 16.5. The number of anilines is 2. The maximum Gasteiger partial charge on any atom is 0.338 e. The van der Waals surface area contributed by atoms with Crippen LogP contribution in [0.4, 0.5) is 16.2 Å². The smallest absolute Gasteiger partial charge is 0.338 e. The molecule has 0 fully saturated rings. The van der Waals surface area contributed by atoms with Crippen LogP contribution >= 0.6 is 0 Å². The fourth-order valence-corrected chi connectivity index (χ4v) is 2.14. The Kier molecular flexibility index (Phi) is 6.73. The molecule has 0 aliphatic carbocycles. The molecule has 0 spiro atoms. The van der Waals surface area contributed by atoms with Gasteiger partial charge in [0.15, 0.2) is 0 Å². The molecule has 0 radical (unpaired) electrons. The molecule has 2 aromatic carbocycles. The van der Waals surface area contributed by atoms with Gasteiger partial charge in [-0.25, -0.2) is 14.4 Å². The minimum absolute atomic E-state index is 0.277. The van der Waals surface area contributed by atoms with Gasteiger partial charge in [0.1, 0.15) is 0 Å². The fourth-order valence-electron chi connectivity index (χ4n) is 2.14. The van der Waals surface area contributed by atoms with Crippen molar-refractivity contribution in [3.05, 3.63) is 59.7 Å². The lowest BCUT2D eigenvalue weighted by Gasteiger charge is -2.09. The van der Waals surface area contributed by atoms with Gasteiger partial charge in [0.2, 0.25) is 0 Å². The third-order valence-electron chi connectivity index (χ3n) is 3.29. The molecular weight excluding hydrogens is 336 g/mol. The van der Waals surface area contributed by atoms with Crippen LogP contribution in [-0.2, 0) is 9.47 Å². The summed E-state index contributed by atoms with van der Waals surface area (Å²) in [5, 5.41) is 5.28. The van der Waals surface area contributed by atoms with Gasteiger partial charge < -0.3 is 20.1 Å². The molecule has 2 amide bonds. The largest absolute Gasteiger partial charge is 0.462 e. The number of ether oxygens (including phenoxy) is 2. The highest BCUT2D eigenvalue weighted by Gasteiger charge is 2.10. The van der Waals surface area contributed by atoms with Crippen molar-refractivity contribution in [2.75, 3.05) is 23.8 Å². The van der Waals surface area contributed by atoms with Crippen LogP contribution in [-0.4, -0.2) is 31.2 Å². The Morgan fingerprint density at radius 2 is 1.35 bits per heavy atom. The lowest BCUT2D eigenvalue weighted by atomic mass is 10.2. The number of benzene rings is 2. The van der Waals surface area contributed by atoms with Crippen LogP contribution in [0.2, 0.25) is 0 Å². The number of amides is 2. The van der Waals surface area contributed by atoms with Gasteiger partial charge in [0.05, 0.1) is 24.3 Å². The van der Waals surface area contributed by atoms with Crippen molar-refractivity contribution in [3.63, 3.8) is 0 Å². The topological polar surface area (TPSA) is 93.7 Å². The molecule has 0 saturated carbocycles. The third-order valence-corrected chi connectivity index (χ3v) is 3.29. The Balaban J connectivity index is 1.97. The summed E-state index contributed by atoms with van der Waals surface area (Å²) in [6.07, 6.45) is 0. The maximum absolute atomic E-state index is 12.1. The Labute approximate surface area is 151 Å². The summed E-state index contributed by atoms with van der Waals surface area (Å²) in [5.74, 6) is -0.870. The molecule has 7 nitrogen and oxygen atoms in total. The second-order valence-corrected chi connectivity index (χ2v) is 5.18. The minimum atomic E-state index is -0.477. The van der Waals surface area contributed by atoms with Crippen LogP contribution in [0.25, 0.3) is 0 Å². The number of esters is 2. The summed E-state index contributed by atoms with van der Waals surface area (Å²) in [6.45, 7) is 4.03. The molecule has 0 atom stereocenters. The van der Waals surface area contributed by atoms with Crippen molar-refractivity contribution in [2.45, 2.75) is 13.8 Å². The summed E-state index contributed by atoms with van der Waals surface area (Å²) in [7, 11) is 0. The van der Waals surface area contributed by atoms with Gasteiger partial charge in [-0.2, -0.15) is 0 Å². The number of hydrogen-bond acceptors (Lipinski definition) is 5. The maximum atomic E-state index is 12.1. The summed E-state index contributed by atoms with van der Waals surface area (Å²) in [5.41, 5.74) is 1.72. The van der Waals surface area contributed by atoms with Crippen LogP contribution in [0, 0.1) is 0 Å². The van der Waals surface area contributed by atoms with Crippen molar-refractivity contribution in [1.82, 2.24) is 0 Å². The molecule has 136 valence electrons. The summed E-state index contributed by atoms with van der Waals surface area (Å²) in [6, 6.07) is 12.3. The van der Waals surface area contributed by atoms with E-state index in [1.165, 1.54) is 6.07 Å². The van der Waals surface area contributed by atoms with Crippen molar-refractivity contribution < 1.29 is 23.9 Å². The van der Waals surface area contributed by atoms with Crippen LogP contribution in [0.3, 0.4) is 0 Å². The second-order valence-electron chi connectivity index (χ2n) is 5.18. The fraction of sp³-hybridized carbons (Fsp3) is 0.211. The predicted octanol–water partition coefficient (Wildman–Crippen LogP) is 3.68. The third kappa shape index (κ3) is 5.34. The lowest BCUT2D eigenvalue weighted by Crippen LogP contribution is -2.19. The first kappa shape index (κ1) is 19.0. The second kappa shape index (κ2) is 9.22. The van der Waals surface area contributed by atoms with E-state index in [9.17, 15) is 14.4 Å². The zero-order chi connectivity index (χ0) is 18.9. The molecule has 2 rings (SSSR count). The van der Waals surface area contributed by atoms with E-state index in [0.29, 0.717) is 29.1 Å². The summed E-state index contributed by atoms with van der Waals surface area (Å²) >= 11 is 0. The monoisotopic (exact) mass is 356 g/mol. The first-order valence-corrected chi connectivity index (χ1v) is 8.15. The van der Waals surface area contributed by atoms with Gasteiger partial charge in [0, 0.05) is 11.4 Å². The van der Waals surface area contributed by atoms with Gasteiger partial charge >= 0.3 is 18.0 Å². The molecular formula is C19H20N2O5. The summed E-state index contributed by atoms with van der Waals surface area (Å²) in [4.78, 5) is 35.4. The van der Waals surface area contributed by atoms with E-state index in [0.717, 1.165) is 0 Å². The van der Waals surface area contributed by atoms with Gasteiger partial charge in [-0.05, 0) is 56.3 Å². The Bertz CT molecular complexity index is 787. The zero-order valence-corrected chi connectivity index (χ0v) is 14.6. The SMILES string of the molecule is CCOC(=O)c1ccc(NC(=O)Nc2cccc(C(=O)OCC)c2)cc1. The Morgan fingerprint density at radius 3 is 1.96 bits per heavy atom. The molecule has 0 unspecified atom stereocenters. The quantitative estimate of drug-likeness (QED) is 0.770. The normalized spacial score (nSPS) is 9.92. The van der Waals surface area contributed by atoms with E-state index in [-0.39, 0.29) is 6.61 Å². The van der Waals surface area contributed by atoms with Crippen molar-refractivity contribution in [3.8, 4) is 0 Å². The van der Waals surface area contributed by atoms with E-state index in [2.05, 4.69) is 10.6 Å². The van der Waals surface area contributed by atoms with Crippen molar-refractivity contribution in [1.29, 1.82) is 0 Å². The zero-order valence-electron chi connectivity index (χ0n) is 14.6. The first-order chi connectivity index (χ1) is 12.5. The standard InChI is InChI=1S/C19H20N2O5/c1-3-25-17(22)13-8-10-15(11-9-13)20-19(24)21-16-7-5-6-14(12-16)18(23)26-4-2/h5-12H,3-4H2,1-2H3,(H2,20,21,24). The molecule has 0 heterocycles. The molecule has 0 saturated heterocycles. The highest BCUT2D eigenvalue weighted by Crippen LogP contribution is 2.14. The summed E-state index contributed by atoms with van der Waals surface area (Å²) < 4.78 is 9.83. The van der Waals surface area contributed by atoms with E-state index >= 15 is 0 Å². The van der Waals surface area contributed by atoms with E-state index in [1.54, 1.807) is 56.3 Å². The Morgan fingerprint density at radius 1 is 0.769 bits per heavy atom. The van der Waals surface area contributed by atoms with Crippen molar-refractivity contribution >= 4 is 29.3 Å². The highest BCUT2D eigenvalue weighted by molar-refractivity contribution is 6.01. The van der Waals surface area contributed by atoms with Gasteiger partial charge in [-0.15, -0.1) is 0 Å². The Hall–Kier alpha value is -3.35. The van der Waals surface area contributed by atoms with Gasteiger partial charge in [-0.1, -0.05) is 6.07 Å². The number of urea groups is 1. The molecule has 0 aromatic heterocycles. The average molecular weight is 356 g/mol. The number of nitrogens with one attached hydrogen (secondary N) is 2. The number of rotatable bonds is 6. The molecule has 2 aromatic rings. The molecule has 7 heteroatoms. The number of carbonyl (C=O) groups excluding carboxylic acids is 3. The van der Waals surface area contributed by atoms with Gasteiger partial charge in [-0.3, -0.25) is 0 Å². The predicted molar refractivity (Wildman–Crippen MR) is 97.4 cm³/mol. The van der Waals surface area contributed by atoms with E-state index < -0.39 is 18.0 Å². The first-order valence-electron chi connectivity index (χ1n) is 8.15. The van der Waals surface area contributed by atoms with Gasteiger partial charge in [0.25, 0.3) is 0 Å². The molecule has 26 heavy (non-hydrogen) atoms. The molecule has 0 aliphatic rings. The lowest BCUT2D eigenvalue weighted by molar-refractivity contribution is 0.0517. The van der Waals surface area contributed by atoms with E-state index in [4.69, 9.17) is 9.47 Å². The number of hydrogen-bond donors (Lipinski definition) is 2. The number of carbonyl (C=O) groups is 3. The van der Waals surface area contributed by atoms with E-state index in [1.807, 2.05) is 0 Å². The average Bonchev–Trinajstić information content (AvgIpc) is 2.63. The molecule has 2 N–H and O–H groups in total. The molecule has 0 aliphatic heterocycles. The van der Waals surface area contributed by atoms with Crippen LogP contribution in [0.1, 0.15) is 34.6 Å². The van der Waals surface area contributed by atoms with Crippen LogP contribution < -0.4 is 10.6 Å².